The highest BCUT2D eigenvalue weighted by molar-refractivity contribution is 5.81. The van der Waals surface area contributed by atoms with Crippen LogP contribution in [0.2, 0.25) is 0 Å². The van der Waals surface area contributed by atoms with E-state index in [1.807, 2.05) is 34.6 Å². The van der Waals surface area contributed by atoms with E-state index in [-0.39, 0.29) is 23.3 Å². The van der Waals surface area contributed by atoms with Crippen LogP contribution in [0.3, 0.4) is 0 Å². The second-order valence-corrected chi connectivity index (χ2v) is 5.30. The van der Waals surface area contributed by atoms with Gasteiger partial charge in [-0.25, -0.2) is 0 Å². The van der Waals surface area contributed by atoms with Crippen molar-refractivity contribution in [3.05, 3.63) is 0 Å². The lowest BCUT2D eigenvalue weighted by molar-refractivity contribution is -0.129. The van der Waals surface area contributed by atoms with Crippen molar-refractivity contribution >= 4 is 5.91 Å². The third-order valence-corrected chi connectivity index (χ3v) is 3.14. The van der Waals surface area contributed by atoms with Crippen LogP contribution in [0, 0.1) is 10.8 Å². The molecule has 0 rings (SSSR count). The van der Waals surface area contributed by atoms with Crippen molar-refractivity contribution in [2.75, 3.05) is 13.2 Å². The first-order valence-electron chi connectivity index (χ1n) is 5.70. The molecular weight excluding hydrogens is 190 g/mol. The molecule has 0 aromatic rings. The zero-order valence-electron chi connectivity index (χ0n) is 10.7. The highest BCUT2D eigenvalue weighted by Crippen LogP contribution is 2.25. The number of amides is 1. The van der Waals surface area contributed by atoms with Gasteiger partial charge < -0.3 is 10.4 Å². The largest absolute Gasteiger partial charge is 0.396 e. The average molecular weight is 215 g/mol. The lowest BCUT2D eigenvalue weighted by Gasteiger charge is -2.31. The number of nitrogens with one attached hydrogen (secondary N) is 1. The summed E-state index contributed by atoms with van der Waals surface area (Å²) in [7, 11) is 0. The summed E-state index contributed by atoms with van der Waals surface area (Å²) >= 11 is 0. The number of carbonyl (C=O) groups excluding carboxylic acids is 1. The molecule has 90 valence electrons. The van der Waals surface area contributed by atoms with Crippen LogP contribution in [-0.4, -0.2) is 24.2 Å². The summed E-state index contributed by atoms with van der Waals surface area (Å²) in [6.07, 6.45) is 1.76. The number of hydrogen-bond acceptors (Lipinski definition) is 2. The van der Waals surface area contributed by atoms with Crippen molar-refractivity contribution in [1.82, 2.24) is 5.32 Å². The lowest BCUT2D eigenvalue weighted by Crippen LogP contribution is -2.43. The fourth-order valence-electron chi connectivity index (χ4n) is 1.31. The molecule has 0 radical (unpaired) electrons. The van der Waals surface area contributed by atoms with Crippen LogP contribution in [0.4, 0.5) is 0 Å². The van der Waals surface area contributed by atoms with E-state index in [4.69, 9.17) is 0 Å². The molecule has 0 atom stereocenters. The van der Waals surface area contributed by atoms with E-state index >= 15 is 0 Å². The predicted molar refractivity (Wildman–Crippen MR) is 62.6 cm³/mol. The van der Waals surface area contributed by atoms with Gasteiger partial charge in [0.15, 0.2) is 0 Å². The molecule has 3 nitrogen and oxygen atoms in total. The lowest BCUT2D eigenvalue weighted by atomic mass is 9.82. The van der Waals surface area contributed by atoms with Crippen molar-refractivity contribution in [3.8, 4) is 0 Å². The van der Waals surface area contributed by atoms with Gasteiger partial charge in [0.2, 0.25) is 5.91 Å². The first-order chi connectivity index (χ1) is 6.81. The summed E-state index contributed by atoms with van der Waals surface area (Å²) in [6.45, 7) is 10.4. The molecule has 0 unspecified atom stereocenters. The van der Waals surface area contributed by atoms with E-state index < -0.39 is 0 Å². The summed E-state index contributed by atoms with van der Waals surface area (Å²) in [5, 5.41) is 12.3. The van der Waals surface area contributed by atoms with Gasteiger partial charge in [0.1, 0.15) is 0 Å². The third-order valence-electron chi connectivity index (χ3n) is 3.14. The molecular formula is C12H25NO2. The molecule has 2 N–H and O–H groups in total. The topological polar surface area (TPSA) is 49.3 Å². The number of aliphatic hydroxyl groups excluding tert-OH is 1. The van der Waals surface area contributed by atoms with E-state index in [0.717, 1.165) is 12.8 Å². The summed E-state index contributed by atoms with van der Waals surface area (Å²) in [5.41, 5.74) is -0.510. The second-order valence-electron chi connectivity index (χ2n) is 5.30. The van der Waals surface area contributed by atoms with Gasteiger partial charge in [0.25, 0.3) is 0 Å². The highest BCUT2D eigenvalue weighted by Gasteiger charge is 2.28. The maximum Gasteiger partial charge on any atom is 0.225 e. The van der Waals surface area contributed by atoms with Crippen molar-refractivity contribution in [2.24, 2.45) is 10.8 Å². The maximum atomic E-state index is 11.7. The molecule has 0 spiro atoms. The molecule has 0 aromatic carbocycles. The van der Waals surface area contributed by atoms with Crippen LogP contribution >= 0.6 is 0 Å². The Labute approximate surface area is 93.3 Å². The molecule has 15 heavy (non-hydrogen) atoms. The minimum Gasteiger partial charge on any atom is -0.396 e. The van der Waals surface area contributed by atoms with Crippen LogP contribution < -0.4 is 5.32 Å². The van der Waals surface area contributed by atoms with Crippen molar-refractivity contribution < 1.29 is 9.90 Å². The van der Waals surface area contributed by atoms with E-state index in [1.165, 1.54) is 0 Å². The van der Waals surface area contributed by atoms with Gasteiger partial charge in [-0.05, 0) is 12.8 Å². The Bertz CT molecular complexity index is 194. The zero-order valence-corrected chi connectivity index (χ0v) is 10.7. The average Bonchev–Trinajstić information content (AvgIpc) is 2.19. The molecule has 0 aliphatic carbocycles. The van der Waals surface area contributed by atoms with Gasteiger partial charge >= 0.3 is 0 Å². The Morgan fingerprint density at radius 3 is 1.93 bits per heavy atom. The molecule has 0 aliphatic heterocycles. The number of hydrogen-bond donors (Lipinski definition) is 2. The van der Waals surface area contributed by atoms with Crippen LogP contribution in [-0.2, 0) is 4.79 Å². The molecule has 0 fully saturated rings. The smallest absolute Gasteiger partial charge is 0.225 e. The van der Waals surface area contributed by atoms with Crippen LogP contribution in [0.1, 0.15) is 47.5 Å². The molecule has 0 heterocycles. The number of rotatable bonds is 5. The van der Waals surface area contributed by atoms with Crippen LogP contribution in [0.15, 0.2) is 0 Å². The minimum absolute atomic E-state index is 0.0437. The van der Waals surface area contributed by atoms with Gasteiger partial charge in [-0.2, -0.15) is 0 Å². The quantitative estimate of drug-likeness (QED) is 0.736. The third kappa shape index (κ3) is 4.20. The highest BCUT2D eigenvalue weighted by atomic mass is 16.3. The monoisotopic (exact) mass is 215 g/mol. The standard InChI is InChI=1S/C12H25NO2/c1-6-12(7-2,9-14)8-13-10(15)11(3,4)5/h14H,6-9H2,1-5H3,(H,13,15). The van der Waals surface area contributed by atoms with Gasteiger partial charge in [0, 0.05) is 17.4 Å². The van der Waals surface area contributed by atoms with Gasteiger partial charge in [-0.1, -0.05) is 34.6 Å². The predicted octanol–water partition coefficient (Wildman–Crippen LogP) is 1.95. The van der Waals surface area contributed by atoms with Crippen LogP contribution in [0.25, 0.3) is 0 Å². The summed E-state index contributed by atoms with van der Waals surface area (Å²) in [6, 6.07) is 0. The van der Waals surface area contributed by atoms with Gasteiger partial charge in [-0.3, -0.25) is 4.79 Å². The van der Waals surface area contributed by atoms with E-state index in [2.05, 4.69) is 5.32 Å². The van der Waals surface area contributed by atoms with E-state index in [1.54, 1.807) is 0 Å². The SMILES string of the molecule is CCC(CC)(CO)CNC(=O)C(C)(C)C. The fraction of sp³-hybridized carbons (Fsp3) is 0.917. The molecule has 0 saturated carbocycles. The maximum absolute atomic E-state index is 11.7. The second kappa shape index (κ2) is 5.50. The molecule has 0 bridgehead atoms. The van der Waals surface area contributed by atoms with E-state index in [0.29, 0.717) is 6.54 Å². The first-order valence-corrected chi connectivity index (χ1v) is 5.70. The number of carbonyl (C=O) groups is 1. The van der Waals surface area contributed by atoms with Crippen molar-refractivity contribution in [2.45, 2.75) is 47.5 Å². The van der Waals surface area contributed by atoms with Gasteiger partial charge in [0.05, 0.1) is 6.61 Å². The Morgan fingerprint density at radius 1 is 1.20 bits per heavy atom. The van der Waals surface area contributed by atoms with Crippen molar-refractivity contribution in [1.29, 1.82) is 0 Å². The normalized spacial score (nSPS) is 12.7. The Hall–Kier alpha value is -0.570. The summed E-state index contributed by atoms with van der Waals surface area (Å²) in [4.78, 5) is 11.7. The Kier molecular flexibility index (Phi) is 5.29. The Balaban J connectivity index is 4.29. The summed E-state index contributed by atoms with van der Waals surface area (Å²) in [5.74, 6) is 0.0437. The fourth-order valence-corrected chi connectivity index (χ4v) is 1.31. The first kappa shape index (κ1) is 14.4. The number of aliphatic hydroxyl groups is 1. The molecule has 1 amide bonds. The van der Waals surface area contributed by atoms with Gasteiger partial charge in [-0.15, -0.1) is 0 Å². The molecule has 3 heteroatoms. The zero-order chi connectivity index (χ0) is 12.1. The van der Waals surface area contributed by atoms with Crippen molar-refractivity contribution in [3.63, 3.8) is 0 Å². The van der Waals surface area contributed by atoms with E-state index in [9.17, 15) is 9.90 Å². The molecule has 0 saturated heterocycles. The van der Waals surface area contributed by atoms with Crippen LogP contribution in [0.5, 0.6) is 0 Å². The molecule has 0 aromatic heterocycles. The molecule has 0 aliphatic rings. The minimum atomic E-state index is -0.358. The summed E-state index contributed by atoms with van der Waals surface area (Å²) < 4.78 is 0. The Morgan fingerprint density at radius 2 is 1.67 bits per heavy atom.